The summed E-state index contributed by atoms with van der Waals surface area (Å²) in [5.41, 5.74) is 9.25. The van der Waals surface area contributed by atoms with E-state index in [2.05, 4.69) is 4.79 Å². The van der Waals surface area contributed by atoms with E-state index in [0.29, 0.717) is 0 Å². The molecule has 6 nitrogen and oxygen atoms in total. The Bertz CT molecular complexity index is 522. The molecule has 20 heavy (non-hydrogen) atoms. The van der Waals surface area contributed by atoms with Crippen LogP contribution in [-0.2, 0) is 11.3 Å². The van der Waals surface area contributed by atoms with Gasteiger partial charge in [0, 0.05) is 6.54 Å². The standard InChI is InChI=1S/C14H17N3O3/c1-10(2)13(12(18)8-16-15)17(14(19)20)9-11-6-4-3-5-7-11/h3-8,10,13H,9H2,1-2H3,(H,19,20)/t13-/m1/s1. The summed E-state index contributed by atoms with van der Waals surface area (Å²) in [6.45, 7) is 3.59. The maximum absolute atomic E-state index is 11.9. The zero-order valence-corrected chi connectivity index (χ0v) is 11.4. The van der Waals surface area contributed by atoms with Gasteiger partial charge in [-0.2, -0.15) is 4.79 Å². The Morgan fingerprint density at radius 3 is 2.40 bits per heavy atom. The van der Waals surface area contributed by atoms with Crippen LogP contribution in [0.4, 0.5) is 4.79 Å². The number of carbonyl (C=O) groups excluding carboxylic acids is 1. The van der Waals surface area contributed by atoms with E-state index in [0.717, 1.165) is 16.7 Å². The summed E-state index contributed by atoms with van der Waals surface area (Å²) in [5.74, 6) is -0.777. The van der Waals surface area contributed by atoms with E-state index < -0.39 is 17.9 Å². The van der Waals surface area contributed by atoms with Crippen LogP contribution in [0.2, 0.25) is 0 Å². The lowest BCUT2D eigenvalue weighted by molar-refractivity contribution is -0.122. The summed E-state index contributed by atoms with van der Waals surface area (Å²) in [4.78, 5) is 27.1. The van der Waals surface area contributed by atoms with Crippen LogP contribution in [-0.4, -0.2) is 38.9 Å². The van der Waals surface area contributed by atoms with Crippen molar-refractivity contribution in [3.63, 3.8) is 0 Å². The van der Waals surface area contributed by atoms with E-state index in [-0.39, 0.29) is 12.5 Å². The lowest BCUT2D eigenvalue weighted by Gasteiger charge is -2.29. The highest BCUT2D eigenvalue weighted by molar-refractivity contribution is 6.28. The maximum Gasteiger partial charge on any atom is 0.408 e. The van der Waals surface area contributed by atoms with Gasteiger partial charge < -0.3 is 10.6 Å². The number of hydrogen-bond donors (Lipinski definition) is 1. The number of hydrogen-bond acceptors (Lipinski definition) is 2. The van der Waals surface area contributed by atoms with Crippen LogP contribution in [0.5, 0.6) is 0 Å². The zero-order chi connectivity index (χ0) is 15.1. The van der Waals surface area contributed by atoms with Gasteiger partial charge in [-0.05, 0) is 11.5 Å². The second-order valence-corrected chi connectivity index (χ2v) is 4.73. The highest BCUT2D eigenvalue weighted by atomic mass is 16.4. The van der Waals surface area contributed by atoms with E-state index >= 15 is 0 Å². The molecular weight excluding hydrogens is 258 g/mol. The van der Waals surface area contributed by atoms with Gasteiger partial charge in [-0.1, -0.05) is 44.2 Å². The van der Waals surface area contributed by atoms with E-state index in [9.17, 15) is 14.7 Å². The molecular formula is C14H17N3O3. The van der Waals surface area contributed by atoms with Gasteiger partial charge in [-0.25, -0.2) is 4.79 Å². The van der Waals surface area contributed by atoms with Crippen LogP contribution in [0.15, 0.2) is 30.3 Å². The Morgan fingerprint density at radius 2 is 1.95 bits per heavy atom. The summed E-state index contributed by atoms with van der Waals surface area (Å²) in [6, 6.07) is 8.13. The van der Waals surface area contributed by atoms with Crippen molar-refractivity contribution in [1.29, 1.82) is 0 Å². The fourth-order valence-corrected chi connectivity index (χ4v) is 2.04. The van der Waals surface area contributed by atoms with Crippen molar-refractivity contribution in [3.05, 3.63) is 41.4 Å². The first-order chi connectivity index (χ1) is 9.47. The van der Waals surface area contributed by atoms with Crippen LogP contribution < -0.4 is 0 Å². The van der Waals surface area contributed by atoms with Gasteiger partial charge in [-0.15, -0.1) is 0 Å². The average molecular weight is 275 g/mol. The van der Waals surface area contributed by atoms with Crippen LogP contribution in [0, 0.1) is 5.92 Å². The molecule has 0 bridgehead atoms. The molecule has 0 saturated carbocycles. The predicted octanol–water partition coefficient (Wildman–Crippen LogP) is 2.06. The molecule has 0 saturated heterocycles. The summed E-state index contributed by atoms with van der Waals surface area (Å²) in [5, 5.41) is 9.34. The van der Waals surface area contributed by atoms with Crippen molar-refractivity contribution < 1.29 is 19.5 Å². The molecule has 0 radical (unpaired) electrons. The fraction of sp³-hybridized carbons (Fsp3) is 0.357. The lowest BCUT2D eigenvalue weighted by atomic mass is 9.98. The molecule has 1 N–H and O–H groups in total. The molecule has 1 aromatic carbocycles. The Labute approximate surface area is 117 Å². The predicted molar refractivity (Wildman–Crippen MR) is 73.3 cm³/mol. The Kier molecular flexibility index (Phi) is 5.62. The number of ketones is 1. The number of amides is 1. The summed E-state index contributed by atoms with van der Waals surface area (Å²) in [7, 11) is 0. The van der Waals surface area contributed by atoms with Crippen molar-refractivity contribution >= 4 is 18.1 Å². The van der Waals surface area contributed by atoms with Crippen molar-refractivity contribution in [2.75, 3.05) is 0 Å². The number of rotatable bonds is 6. The third kappa shape index (κ3) is 4.03. The third-order valence-electron chi connectivity index (χ3n) is 2.89. The van der Waals surface area contributed by atoms with Crippen molar-refractivity contribution in [2.24, 2.45) is 5.92 Å². The van der Waals surface area contributed by atoms with Gasteiger partial charge in [0.2, 0.25) is 0 Å². The molecule has 0 heterocycles. The Balaban J connectivity index is 3.06. The molecule has 1 atom stereocenters. The third-order valence-corrected chi connectivity index (χ3v) is 2.89. The van der Waals surface area contributed by atoms with Crippen molar-refractivity contribution in [3.8, 4) is 0 Å². The van der Waals surface area contributed by atoms with Gasteiger partial charge in [0.15, 0.2) is 0 Å². The largest absolute Gasteiger partial charge is 0.465 e. The van der Waals surface area contributed by atoms with Crippen LogP contribution in [0.1, 0.15) is 19.4 Å². The van der Waals surface area contributed by atoms with E-state index in [4.69, 9.17) is 5.53 Å². The van der Waals surface area contributed by atoms with Crippen LogP contribution >= 0.6 is 0 Å². The minimum atomic E-state index is -1.19. The molecule has 6 heteroatoms. The molecule has 0 fully saturated rings. The minimum absolute atomic E-state index is 0.101. The smallest absolute Gasteiger partial charge is 0.408 e. The lowest BCUT2D eigenvalue weighted by Crippen LogP contribution is -2.47. The summed E-state index contributed by atoms with van der Waals surface area (Å²) < 4.78 is 0. The molecule has 1 aromatic rings. The molecule has 0 unspecified atom stereocenters. The van der Waals surface area contributed by atoms with E-state index in [1.165, 1.54) is 0 Å². The number of nitrogens with zero attached hydrogens (tertiary/aromatic N) is 3. The average Bonchev–Trinajstić information content (AvgIpc) is 2.39. The number of benzene rings is 1. The molecule has 0 aliphatic heterocycles. The van der Waals surface area contributed by atoms with Crippen LogP contribution in [0.3, 0.4) is 0 Å². The van der Waals surface area contributed by atoms with Crippen molar-refractivity contribution in [2.45, 2.75) is 26.4 Å². The van der Waals surface area contributed by atoms with Crippen LogP contribution in [0.25, 0.3) is 5.53 Å². The quantitative estimate of drug-likeness (QED) is 0.489. The Morgan fingerprint density at radius 1 is 1.35 bits per heavy atom. The second kappa shape index (κ2) is 7.21. The maximum atomic E-state index is 11.9. The minimum Gasteiger partial charge on any atom is -0.465 e. The molecule has 1 amide bonds. The molecule has 1 rings (SSSR count). The second-order valence-electron chi connectivity index (χ2n) is 4.73. The number of carboxylic acid groups (broad SMARTS) is 1. The van der Waals surface area contributed by atoms with Gasteiger partial charge in [0.05, 0.1) is 0 Å². The molecule has 0 aliphatic rings. The highest BCUT2D eigenvalue weighted by Crippen LogP contribution is 2.16. The molecule has 0 aromatic heterocycles. The van der Waals surface area contributed by atoms with E-state index in [1.807, 2.05) is 6.07 Å². The van der Waals surface area contributed by atoms with Gasteiger partial charge in [0.25, 0.3) is 5.78 Å². The van der Waals surface area contributed by atoms with E-state index in [1.54, 1.807) is 38.1 Å². The first-order valence-corrected chi connectivity index (χ1v) is 6.22. The summed E-state index contributed by atoms with van der Waals surface area (Å²) in [6.07, 6.45) is -0.446. The molecule has 0 aliphatic carbocycles. The summed E-state index contributed by atoms with van der Waals surface area (Å²) >= 11 is 0. The first kappa shape index (κ1) is 15.6. The SMILES string of the molecule is CC(C)[C@H](C(=O)C=[N+]=[N-])N(Cc1ccccc1)C(=O)O. The first-order valence-electron chi connectivity index (χ1n) is 6.22. The topological polar surface area (TPSA) is 94.0 Å². The van der Waals surface area contributed by atoms with Crippen molar-refractivity contribution in [1.82, 2.24) is 4.90 Å². The Hall–Kier alpha value is -2.46. The normalized spacial score (nSPS) is 11.6. The highest BCUT2D eigenvalue weighted by Gasteiger charge is 2.33. The zero-order valence-electron chi connectivity index (χ0n) is 11.4. The molecule has 106 valence electrons. The fourth-order valence-electron chi connectivity index (χ4n) is 2.04. The molecule has 0 spiro atoms. The number of Topliss-reactive ketones (excluding diaryl/α,β-unsaturated/α-hetero) is 1. The van der Waals surface area contributed by atoms with Gasteiger partial charge in [0.1, 0.15) is 6.04 Å². The van der Waals surface area contributed by atoms with Gasteiger partial charge >= 0.3 is 12.3 Å². The van der Waals surface area contributed by atoms with Gasteiger partial charge in [-0.3, -0.25) is 9.69 Å². The monoisotopic (exact) mass is 275 g/mol. The number of carbonyl (C=O) groups is 2.